The minimum absolute atomic E-state index is 0.0909. The predicted octanol–water partition coefficient (Wildman–Crippen LogP) is 1.91. The van der Waals surface area contributed by atoms with E-state index in [-0.39, 0.29) is 23.0 Å². The summed E-state index contributed by atoms with van der Waals surface area (Å²) in [6.45, 7) is 1.92. The van der Waals surface area contributed by atoms with Crippen LogP contribution in [0.5, 0.6) is 0 Å². The number of nitro benzene ring substituents is 1. The molecule has 1 atom stereocenters. The fraction of sp³-hybridized carbons (Fsp3) is 0.308. The van der Waals surface area contributed by atoms with Crippen molar-refractivity contribution >= 4 is 17.3 Å². The van der Waals surface area contributed by atoms with E-state index >= 15 is 0 Å². The van der Waals surface area contributed by atoms with Crippen LogP contribution < -0.4 is 11.1 Å². The van der Waals surface area contributed by atoms with Crippen LogP contribution in [0, 0.1) is 22.5 Å². The molecule has 3 N–H and O–H groups in total. The number of nitro groups is 1. The second-order valence-corrected chi connectivity index (χ2v) is 4.01. The third kappa shape index (κ3) is 3.71. The van der Waals surface area contributed by atoms with Gasteiger partial charge in [0.15, 0.2) is 0 Å². The molecule has 0 aliphatic rings. The van der Waals surface area contributed by atoms with Gasteiger partial charge in [-0.25, -0.2) is 0 Å². The number of nitrogens with one attached hydrogen (secondary N) is 1. The highest BCUT2D eigenvalue weighted by Crippen LogP contribution is 2.26. The molecule has 1 amide bonds. The predicted molar refractivity (Wildman–Crippen MR) is 72.8 cm³/mol. The third-order valence-electron chi connectivity index (χ3n) is 2.69. The van der Waals surface area contributed by atoms with Gasteiger partial charge < -0.3 is 11.1 Å². The quantitative estimate of drug-likeness (QED) is 0.464. The van der Waals surface area contributed by atoms with Gasteiger partial charge in [0.25, 0.3) is 5.69 Å². The molecule has 0 radical (unpaired) electrons. The van der Waals surface area contributed by atoms with Crippen LogP contribution in [0.25, 0.3) is 0 Å². The maximum atomic E-state index is 11.1. The first kappa shape index (κ1) is 14.5. The second-order valence-electron chi connectivity index (χ2n) is 4.01. The number of amides is 1. The minimum atomic E-state index is -0.636. The zero-order chi connectivity index (χ0) is 14.4. The molecule has 0 aliphatic carbocycles. The Morgan fingerprint density at radius 2 is 2.32 bits per heavy atom. The molecule has 0 aliphatic heterocycles. The Labute approximate surface area is 111 Å². The fourth-order valence-corrected chi connectivity index (χ4v) is 1.62. The summed E-state index contributed by atoms with van der Waals surface area (Å²) < 4.78 is 0. The van der Waals surface area contributed by atoms with Gasteiger partial charge in [-0.05, 0) is 18.6 Å². The minimum Gasteiger partial charge on any atom is -0.376 e. The Morgan fingerprint density at radius 1 is 1.63 bits per heavy atom. The molecule has 0 saturated carbocycles. The number of nitrogens with zero attached hydrogens (tertiary/aromatic N) is 1. The van der Waals surface area contributed by atoms with Crippen molar-refractivity contribution in [2.45, 2.75) is 25.8 Å². The van der Waals surface area contributed by atoms with E-state index in [1.54, 1.807) is 0 Å². The van der Waals surface area contributed by atoms with E-state index in [0.29, 0.717) is 12.8 Å². The van der Waals surface area contributed by atoms with E-state index in [4.69, 9.17) is 12.2 Å². The van der Waals surface area contributed by atoms with Gasteiger partial charge in [-0.15, -0.1) is 12.3 Å². The summed E-state index contributed by atoms with van der Waals surface area (Å²) in [5.74, 6) is 1.86. The second kappa shape index (κ2) is 6.40. The van der Waals surface area contributed by atoms with Crippen LogP contribution >= 0.6 is 0 Å². The van der Waals surface area contributed by atoms with Crippen molar-refractivity contribution in [2.24, 2.45) is 5.73 Å². The van der Waals surface area contributed by atoms with Crippen molar-refractivity contribution in [2.75, 3.05) is 5.32 Å². The van der Waals surface area contributed by atoms with E-state index in [9.17, 15) is 14.9 Å². The molecule has 0 fully saturated rings. The molecular formula is C13H15N3O3. The zero-order valence-electron chi connectivity index (χ0n) is 10.6. The number of benzene rings is 1. The van der Waals surface area contributed by atoms with Crippen LogP contribution in [-0.2, 0) is 0 Å². The van der Waals surface area contributed by atoms with Gasteiger partial charge in [0.05, 0.1) is 4.92 Å². The number of nitrogens with two attached hydrogens (primary N) is 1. The number of hydrogen-bond donors (Lipinski definition) is 2. The molecule has 0 spiro atoms. The van der Waals surface area contributed by atoms with Crippen LogP contribution in [0.4, 0.5) is 11.4 Å². The topological polar surface area (TPSA) is 98.3 Å². The van der Waals surface area contributed by atoms with Gasteiger partial charge in [-0.1, -0.05) is 6.92 Å². The van der Waals surface area contributed by atoms with Gasteiger partial charge in [-0.3, -0.25) is 14.9 Å². The van der Waals surface area contributed by atoms with Crippen LogP contribution in [0.2, 0.25) is 0 Å². The molecule has 0 bridgehead atoms. The van der Waals surface area contributed by atoms with E-state index in [1.165, 1.54) is 18.2 Å². The van der Waals surface area contributed by atoms with Gasteiger partial charge in [0, 0.05) is 24.1 Å². The SMILES string of the molecule is C#CCC(CC)Nc1cc(C(N)=O)ccc1[N+](=O)[O-]. The summed E-state index contributed by atoms with van der Waals surface area (Å²) >= 11 is 0. The molecule has 6 nitrogen and oxygen atoms in total. The molecule has 1 unspecified atom stereocenters. The summed E-state index contributed by atoms with van der Waals surface area (Å²) in [7, 11) is 0. The summed E-state index contributed by atoms with van der Waals surface area (Å²) in [5.41, 5.74) is 5.52. The average Bonchev–Trinajstić information content (AvgIpc) is 2.37. The standard InChI is InChI=1S/C13H15N3O3/c1-3-5-10(4-2)15-11-8-9(13(14)17)6-7-12(11)16(18)19/h1,6-8,10,15H,4-5H2,2H3,(H2,14,17). The molecule has 19 heavy (non-hydrogen) atoms. The molecule has 1 aromatic carbocycles. The third-order valence-corrected chi connectivity index (χ3v) is 2.69. The molecule has 1 rings (SSSR count). The molecule has 0 aromatic heterocycles. The van der Waals surface area contributed by atoms with E-state index < -0.39 is 10.8 Å². The summed E-state index contributed by atoms with van der Waals surface area (Å²) in [6.07, 6.45) is 6.39. The highest BCUT2D eigenvalue weighted by Gasteiger charge is 2.18. The van der Waals surface area contributed by atoms with Crippen LogP contribution in [0.15, 0.2) is 18.2 Å². The lowest BCUT2D eigenvalue weighted by Gasteiger charge is -2.16. The van der Waals surface area contributed by atoms with Crippen molar-refractivity contribution in [3.05, 3.63) is 33.9 Å². The van der Waals surface area contributed by atoms with Crippen molar-refractivity contribution in [3.63, 3.8) is 0 Å². The monoisotopic (exact) mass is 261 g/mol. The normalized spacial score (nSPS) is 11.4. The number of carbonyl (C=O) groups is 1. The average molecular weight is 261 g/mol. The van der Waals surface area contributed by atoms with Crippen LogP contribution in [-0.4, -0.2) is 16.9 Å². The summed E-state index contributed by atoms with van der Waals surface area (Å²) in [4.78, 5) is 21.5. The lowest BCUT2D eigenvalue weighted by Crippen LogP contribution is -2.19. The lowest BCUT2D eigenvalue weighted by atomic mass is 10.1. The Balaban J connectivity index is 3.14. The number of terminal acetylenes is 1. The number of rotatable bonds is 6. The molecule has 100 valence electrons. The largest absolute Gasteiger partial charge is 0.376 e. The maximum absolute atomic E-state index is 11.1. The number of anilines is 1. The first-order valence-electron chi connectivity index (χ1n) is 5.77. The maximum Gasteiger partial charge on any atom is 0.292 e. The molecular weight excluding hydrogens is 246 g/mol. The Morgan fingerprint density at radius 3 is 2.79 bits per heavy atom. The van der Waals surface area contributed by atoms with E-state index in [2.05, 4.69) is 11.2 Å². The molecule has 0 heterocycles. The van der Waals surface area contributed by atoms with Crippen molar-refractivity contribution < 1.29 is 9.72 Å². The molecule has 0 saturated heterocycles. The van der Waals surface area contributed by atoms with Crippen LogP contribution in [0.1, 0.15) is 30.1 Å². The number of carbonyl (C=O) groups excluding carboxylic acids is 1. The zero-order valence-corrected chi connectivity index (χ0v) is 10.6. The van der Waals surface area contributed by atoms with Crippen LogP contribution in [0.3, 0.4) is 0 Å². The van der Waals surface area contributed by atoms with Gasteiger partial charge in [0.2, 0.25) is 5.91 Å². The Hall–Kier alpha value is -2.55. The number of hydrogen-bond acceptors (Lipinski definition) is 4. The fourth-order valence-electron chi connectivity index (χ4n) is 1.62. The van der Waals surface area contributed by atoms with Crippen molar-refractivity contribution in [3.8, 4) is 12.3 Å². The van der Waals surface area contributed by atoms with Gasteiger partial charge >= 0.3 is 0 Å². The van der Waals surface area contributed by atoms with Crippen molar-refractivity contribution in [1.82, 2.24) is 0 Å². The summed E-state index contributed by atoms with van der Waals surface area (Å²) in [5, 5.41) is 13.9. The first-order valence-corrected chi connectivity index (χ1v) is 5.77. The highest BCUT2D eigenvalue weighted by atomic mass is 16.6. The highest BCUT2D eigenvalue weighted by molar-refractivity contribution is 5.94. The smallest absolute Gasteiger partial charge is 0.292 e. The van der Waals surface area contributed by atoms with E-state index in [0.717, 1.165) is 0 Å². The Bertz CT molecular complexity index is 534. The van der Waals surface area contributed by atoms with Gasteiger partial charge in [0.1, 0.15) is 5.69 Å². The Kier molecular flexibility index (Phi) is 4.89. The van der Waals surface area contributed by atoms with Gasteiger partial charge in [-0.2, -0.15) is 0 Å². The van der Waals surface area contributed by atoms with Crippen molar-refractivity contribution in [1.29, 1.82) is 0 Å². The summed E-state index contributed by atoms with van der Waals surface area (Å²) in [6, 6.07) is 3.87. The van der Waals surface area contributed by atoms with E-state index in [1.807, 2.05) is 6.92 Å². The first-order chi connectivity index (χ1) is 8.99. The molecule has 6 heteroatoms. The molecule has 1 aromatic rings. The number of primary amides is 1. The lowest BCUT2D eigenvalue weighted by molar-refractivity contribution is -0.384.